The molecule has 0 fully saturated rings. The van der Waals surface area contributed by atoms with Crippen molar-refractivity contribution in [1.82, 2.24) is 4.90 Å². The van der Waals surface area contributed by atoms with Crippen molar-refractivity contribution in [1.29, 1.82) is 0 Å². The molecule has 0 saturated heterocycles. The van der Waals surface area contributed by atoms with E-state index in [0.717, 1.165) is 6.54 Å². The molecule has 1 aromatic rings. The van der Waals surface area contributed by atoms with E-state index in [1.54, 1.807) is 12.1 Å². The van der Waals surface area contributed by atoms with Crippen molar-refractivity contribution in [2.45, 2.75) is 6.92 Å². The summed E-state index contributed by atoms with van der Waals surface area (Å²) < 4.78 is 4.64. The number of nitrogens with zero attached hydrogens (tertiary/aromatic N) is 1. The monoisotopic (exact) mass is 254 g/mol. The van der Waals surface area contributed by atoms with Crippen LogP contribution in [-0.2, 0) is 0 Å². The molecular weight excluding hydrogens is 233 g/mol. The van der Waals surface area contributed by atoms with Crippen LogP contribution >= 0.6 is 0 Å². The van der Waals surface area contributed by atoms with Crippen LogP contribution in [0.2, 0.25) is 0 Å². The van der Waals surface area contributed by atoms with Crippen LogP contribution in [0, 0.1) is 0 Å². The molecule has 0 atom stereocenters. The molecule has 3 N–H and O–H groups in total. The standard InChI is InChI=1S/C6H6BO2.C6H15NO2/c8-7-9-6-4-2-1-3-5-6;1-2-7(3-5-8)4-6-9/h1-5,8H;8-9H,2-6H2,1H3. The van der Waals surface area contributed by atoms with Crippen LogP contribution in [0.3, 0.4) is 0 Å². The van der Waals surface area contributed by atoms with E-state index in [4.69, 9.17) is 15.2 Å². The predicted molar refractivity (Wildman–Crippen MR) is 71.3 cm³/mol. The van der Waals surface area contributed by atoms with Gasteiger partial charge in [0.2, 0.25) is 0 Å². The SMILES string of the molecule is CCN(CCO)CCO.O[B]Oc1ccccc1. The Kier molecular flexibility index (Phi) is 11.6. The van der Waals surface area contributed by atoms with Crippen molar-refractivity contribution in [3.63, 3.8) is 0 Å². The van der Waals surface area contributed by atoms with Crippen molar-refractivity contribution in [3.8, 4) is 5.75 Å². The van der Waals surface area contributed by atoms with Gasteiger partial charge in [-0.25, -0.2) is 0 Å². The molecule has 1 aromatic carbocycles. The Bertz CT molecular complexity index is 268. The number of rotatable bonds is 7. The molecule has 0 amide bonds. The molecule has 0 unspecified atom stereocenters. The second-order valence-electron chi connectivity index (χ2n) is 3.42. The minimum absolute atomic E-state index is 0.174. The average molecular weight is 254 g/mol. The number of likely N-dealkylation sites (N-methyl/N-ethyl adjacent to an activating group) is 1. The summed E-state index contributed by atoms with van der Waals surface area (Å²) in [5.41, 5.74) is 0. The first-order chi connectivity index (χ1) is 8.78. The maximum absolute atomic E-state index is 8.47. The van der Waals surface area contributed by atoms with Crippen LogP contribution in [0.1, 0.15) is 6.92 Å². The van der Waals surface area contributed by atoms with Gasteiger partial charge >= 0.3 is 7.69 Å². The zero-order valence-corrected chi connectivity index (χ0v) is 10.7. The summed E-state index contributed by atoms with van der Waals surface area (Å²) in [5.74, 6) is 0.639. The van der Waals surface area contributed by atoms with Gasteiger partial charge < -0.3 is 19.9 Å². The number of para-hydroxylation sites is 1. The third kappa shape index (κ3) is 9.01. The van der Waals surface area contributed by atoms with Gasteiger partial charge in [-0.2, -0.15) is 0 Å². The van der Waals surface area contributed by atoms with Crippen molar-refractivity contribution >= 4 is 7.69 Å². The zero-order valence-electron chi connectivity index (χ0n) is 10.7. The molecule has 6 heteroatoms. The van der Waals surface area contributed by atoms with E-state index in [-0.39, 0.29) is 13.2 Å². The maximum atomic E-state index is 8.47. The van der Waals surface area contributed by atoms with Gasteiger partial charge in [0.25, 0.3) is 0 Å². The molecule has 0 heterocycles. The Balaban J connectivity index is 0.000000321. The molecule has 0 aliphatic heterocycles. The normalized spacial score (nSPS) is 9.61. The predicted octanol–water partition coefficient (Wildman–Crippen LogP) is -0.115. The number of hydrogen-bond donors (Lipinski definition) is 3. The number of benzene rings is 1. The third-order valence-corrected chi connectivity index (χ3v) is 2.21. The molecule has 0 aliphatic carbocycles. The fraction of sp³-hybridized carbons (Fsp3) is 0.500. The van der Waals surface area contributed by atoms with Crippen molar-refractivity contribution in [3.05, 3.63) is 30.3 Å². The van der Waals surface area contributed by atoms with E-state index in [9.17, 15) is 0 Å². The van der Waals surface area contributed by atoms with Gasteiger partial charge in [0, 0.05) is 13.1 Å². The van der Waals surface area contributed by atoms with Crippen LogP contribution in [0.4, 0.5) is 0 Å². The van der Waals surface area contributed by atoms with E-state index in [1.165, 1.54) is 0 Å². The first-order valence-corrected chi connectivity index (χ1v) is 5.90. The molecule has 0 saturated carbocycles. The highest BCUT2D eigenvalue weighted by Gasteiger charge is 1.97. The highest BCUT2D eigenvalue weighted by Crippen LogP contribution is 2.06. The van der Waals surface area contributed by atoms with Gasteiger partial charge in [0.05, 0.1) is 19.0 Å². The molecule has 101 valence electrons. The summed E-state index contributed by atoms with van der Waals surface area (Å²) in [6.07, 6.45) is 0. The van der Waals surface area contributed by atoms with Crippen molar-refractivity contribution < 1.29 is 19.9 Å². The second kappa shape index (κ2) is 12.4. The lowest BCUT2D eigenvalue weighted by Crippen LogP contribution is -2.29. The van der Waals surface area contributed by atoms with Gasteiger partial charge in [-0.15, -0.1) is 0 Å². The Morgan fingerprint density at radius 2 is 1.67 bits per heavy atom. The number of hydrogen-bond acceptors (Lipinski definition) is 5. The Morgan fingerprint density at radius 3 is 2.06 bits per heavy atom. The van der Waals surface area contributed by atoms with Crippen molar-refractivity contribution in [2.24, 2.45) is 0 Å². The summed E-state index contributed by atoms with van der Waals surface area (Å²) in [6, 6.07) is 9.06. The van der Waals surface area contributed by atoms with Gasteiger partial charge in [-0.05, 0) is 18.7 Å². The lowest BCUT2D eigenvalue weighted by molar-refractivity contribution is 0.166. The molecule has 0 aliphatic rings. The van der Waals surface area contributed by atoms with Gasteiger partial charge in [0.15, 0.2) is 0 Å². The number of aliphatic hydroxyl groups is 2. The second-order valence-corrected chi connectivity index (χ2v) is 3.42. The molecule has 1 radical (unpaired) electrons. The van der Waals surface area contributed by atoms with Crippen molar-refractivity contribution in [2.75, 3.05) is 32.8 Å². The minimum Gasteiger partial charge on any atom is -0.537 e. The molecule has 0 bridgehead atoms. The summed E-state index contributed by atoms with van der Waals surface area (Å²) in [4.78, 5) is 1.99. The van der Waals surface area contributed by atoms with Crippen LogP contribution in [0.15, 0.2) is 30.3 Å². The third-order valence-electron chi connectivity index (χ3n) is 2.21. The highest BCUT2D eigenvalue weighted by atomic mass is 16.5. The number of aliphatic hydroxyl groups excluding tert-OH is 2. The van der Waals surface area contributed by atoms with Gasteiger partial charge in [0.1, 0.15) is 0 Å². The van der Waals surface area contributed by atoms with Crippen LogP contribution in [0.25, 0.3) is 0 Å². The van der Waals surface area contributed by atoms with E-state index < -0.39 is 0 Å². The molecule has 5 nitrogen and oxygen atoms in total. The minimum atomic E-state index is 0.174. The van der Waals surface area contributed by atoms with Gasteiger partial charge in [-0.3, -0.25) is 4.90 Å². The fourth-order valence-electron chi connectivity index (χ4n) is 1.27. The van der Waals surface area contributed by atoms with Crippen LogP contribution in [0.5, 0.6) is 5.75 Å². The van der Waals surface area contributed by atoms with Crippen LogP contribution in [-0.4, -0.2) is 60.7 Å². The topological polar surface area (TPSA) is 73.2 Å². The lowest BCUT2D eigenvalue weighted by Gasteiger charge is -2.16. The highest BCUT2D eigenvalue weighted by molar-refractivity contribution is 6.17. The van der Waals surface area contributed by atoms with Crippen LogP contribution < -0.4 is 4.65 Å². The Labute approximate surface area is 109 Å². The molecule has 0 spiro atoms. The molecular formula is C12H21BNO4. The van der Waals surface area contributed by atoms with E-state index in [1.807, 2.05) is 30.0 Å². The largest absolute Gasteiger partial charge is 0.569 e. The summed E-state index contributed by atoms with van der Waals surface area (Å²) in [6.45, 7) is 4.57. The first-order valence-electron chi connectivity index (χ1n) is 5.90. The Morgan fingerprint density at radius 1 is 1.11 bits per heavy atom. The molecule has 1 rings (SSSR count). The zero-order chi connectivity index (χ0) is 13.6. The molecule has 18 heavy (non-hydrogen) atoms. The smallest absolute Gasteiger partial charge is 0.537 e. The maximum Gasteiger partial charge on any atom is 0.569 e. The molecule has 0 aromatic heterocycles. The van der Waals surface area contributed by atoms with E-state index in [0.29, 0.717) is 26.5 Å². The first kappa shape index (κ1) is 16.9. The summed E-state index contributed by atoms with van der Waals surface area (Å²) in [7, 11) is 0.662. The quantitative estimate of drug-likeness (QED) is 0.592. The Hall–Kier alpha value is -1.08. The summed E-state index contributed by atoms with van der Waals surface area (Å²) >= 11 is 0. The lowest BCUT2D eigenvalue weighted by atomic mass is 10.3. The van der Waals surface area contributed by atoms with E-state index in [2.05, 4.69) is 4.65 Å². The van der Waals surface area contributed by atoms with Gasteiger partial charge in [-0.1, -0.05) is 25.1 Å². The average Bonchev–Trinajstić information content (AvgIpc) is 2.41. The fourth-order valence-corrected chi connectivity index (χ4v) is 1.27. The summed E-state index contributed by atoms with van der Waals surface area (Å²) in [5, 5.41) is 25.1. The van der Waals surface area contributed by atoms with E-state index >= 15 is 0 Å².